The van der Waals surface area contributed by atoms with Gasteiger partial charge in [0, 0.05) is 0 Å². The molecular weight excluding hydrogens is 166 g/mol. The molecule has 0 saturated heterocycles. The van der Waals surface area contributed by atoms with Gasteiger partial charge in [-0.25, -0.2) is 8.42 Å². The van der Waals surface area contributed by atoms with Gasteiger partial charge in [0.1, 0.15) is 5.25 Å². The zero-order valence-electron chi connectivity index (χ0n) is 6.70. The second kappa shape index (κ2) is 3.71. The Morgan fingerprint density at radius 3 is 2.27 bits per heavy atom. The van der Waals surface area contributed by atoms with E-state index in [0.717, 1.165) is 0 Å². The summed E-state index contributed by atoms with van der Waals surface area (Å²) in [4.78, 5) is 10.5. The molecule has 1 atom stereocenters. The van der Waals surface area contributed by atoms with Crippen molar-refractivity contribution >= 4 is 15.7 Å². The van der Waals surface area contributed by atoms with E-state index in [1.807, 2.05) is 0 Å². The molecule has 4 nitrogen and oxygen atoms in total. The fourth-order valence-corrected chi connectivity index (χ4v) is 1.91. The van der Waals surface area contributed by atoms with E-state index in [9.17, 15) is 13.2 Å². The number of carbonyl (C=O) groups is 1. The van der Waals surface area contributed by atoms with Crippen LogP contribution in [0.1, 0.15) is 20.3 Å². The molecule has 0 spiro atoms. The Balaban J connectivity index is 4.44. The van der Waals surface area contributed by atoms with Crippen LogP contribution in [0.25, 0.3) is 0 Å². The molecule has 2 N–H and O–H groups in total. The lowest BCUT2D eigenvalue weighted by Crippen LogP contribution is -2.34. The summed E-state index contributed by atoms with van der Waals surface area (Å²) < 4.78 is 22.1. The van der Waals surface area contributed by atoms with Crippen molar-refractivity contribution in [1.82, 2.24) is 0 Å². The smallest absolute Gasteiger partial charge is 0.235 e. The molecule has 0 aromatic carbocycles. The molecule has 1 amide bonds. The van der Waals surface area contributed by atoms with Crippen LogP contribution in [0.15, 0.2) is 0 Å². The highest BCUT2D eigenvalue weighted by atomic mass is 32.2. The highest BCUT2D eigenvalue weighted by Gasteiger charge is 2.24. The van der Waals surface area contributed by atoms with E-state index >= 15 is 0 Å². The SMILES string of the molecule is CCCS(=O)(=O)C(C)C(N)=O. The van der Waals surface area contributed by atoms with Crippen LogP contribution in [0.3, 0.4) is 0 Å². The summed E-state index contributed by atoms with van der Waals surface area (Å²) in [7, 11) is -3.28. The van der Waals surface area contributed by atoms with E-state index in [1.54, 1.807) is 6.92 Å². The molecule has 0 radical (unpaired) electrons. The van der Waals surface area contributed by atoms with Crippen molar-refractivity contribution in [2.45, 2.75) is 25.5 Å². The van der Waals surface area contributed by atoms with Gasteiger partial charge in [0.25, 0.3) is 0 Å². The summed E-state index contributed by atoms with van der Waals surface area (Å²) in [5, 5.41) is -1.05. The third-order valence-corrected chi connectivity index (χ3v) is 3.71. The predicted octanol–water partition coefficient (Wildman–Crippen LogP) is -0.315. The van der Waals surface area contributed by atoms with Gasteiger partial charge in [0.2, 0.25) is 5.91 Å². The zero-order valence-corrected chi connectivity index (χ0v) is 7.52. The first kappa shape index (κ1) is 10.4. The van der Waals surface area contributed by atoms with Crippen molar-refractivity contribution in [1.29, 1.82) is 0 Å². The molecule has 0 heterocycles. The van der Waals surface area contributed by atoms with Crippen LogP contribution in [0, 0.1) is 0 Å². The van der Waals surface area contributed by atoms with E-state index in [0.29, 0.717) is 6.42 Å². The molecule has 11 heavy (non-hydrogen) atoms. The van der Waals surface area contributed by atoms with Crippen LogP contribution in [0.5, 0.6) is 0 Å². The highest BCUT2D eigenvalue weighted by Crippen LogP contribution is 2.02. The average Bonchev–Trinajstić information content (AvgIpc) is 1.86. The van der Waals surface area contributed by atoms with Crippen LogP contribution in [0.4, 0.5) is 0 Å². The van der Waals surface area contributed by atoms with Gasteiger partial charge < -0.3 is 5.73 Å². The summed E-state index contributed by atoms with van der Waals surface area (Å²) in [6, 6.07) is 0. The van der Waals surface area contributed by atoms with E-state index in [4.69, 9.17) is 5.73 Å². The molecule has 66 valence electrons. The molecule has 0 bridgehead atoms. The maximum Gasteiger partial charge on any atom is 0.235 e. The quantitative estimate of drug-likeness (QED) is 0.642. The van der Waals surface area contributed by atoms with Crippen molar-refractivity contribution < 1.29 is 13.2 Å². The Morgan fingerprint density at radius 2 is 2.00 bits per heavy atom. The van der Waals surface area contributed by atoms with E-state index in [-0.39, 0.29) is 5.75 Å². The molecule has 0 rings (SSSR count). The lowest BCUT2D eigenvalue weighted by molar-refractivity contribution is -0.117. The van der Waals surface area contributed by atoms with E-state index in [2.05, 4.69) is 0 Å². The fourth-order valence-electron chi connectivity index (χ4n) is 0.638. The first-order valence-electron chi connectivity index (χ1n) is 3.42. The molecule has 0 aliphatic rings. The Morgan fingerprint density at radius 1 is 1.55 bits per heavy atom. The number of hydrogen-bond donors (Lipinski definition) is 1. The van der Waals surface area contributed by atoms with Crippen LogP contribution in [0.2, 0.25) is 0 Å². The van der Waals surface area contributed by atoms with Crippen molar-refractivity contribution in [3.63, 3.8) is 0 Å². The number of amides is 1. The third kappa shape index (κ3) is 2.88. The van der Waals surface area contributed by atoms with E-state index < -0.39 is 21.0 Å². The lowest BCUT2D eigenvalue weighted by atomic mass is 10.5. The van der Waals surface area contributed by atoms with Gasteiger partial charge in [-0.05, 0) is 13.3 Å². The second-order valence-corrected chi connectivity index (χ2v) is 4.85. The maximum absolute atomic E-state index is 11.1. The van der Waals surface area contributed by atoms with Gasteiger partial charge in [0.05, 0.1) is 5.75 Å². The normalized spacial score (nSPS) is 14.4. The molecule has 5 heteroatoms. The average molecular weight is 179 g/mol. The minimum Gasteiger partial charge on any atom is -0.369 e. The van der Waals surface area contributed by atoms with Crippen LogP contribution in [-0.2, 0) is 14.6 Å². The number of hydrogen-bond acceptors (Lipinski definition) is 3. The molecular formula is C6H13NO3S. The first-order valence-corrected chi connectivity index (χ1v) is 5.14. The summed E-state index contributed by atoms with van der Waals surface area (Å²) >= 11 is 0. The van der Waals surface area contributed by atoms with Gasteiger partial charge in [-0.1, -0.05) is 6.92 Å². The van der Waals surface area contributed by atoms with Crippen molar-refractivity contribution in [2.24, 2.45) is 5.73 Å². The predicted molar refractivity (Wildman–Crippen MR) is 42.7 cm³/mol. The maximum atomic E-state index is 11.1. The van der Waals surface area contributed by atoms with Crippen molar-refractivity contribution in [3.05, 3.63) is 0 Å². The molecule has 0 saturated carbocycles. The van der Waals surface area contributed by atoms with Gasteiger partial charge >= 0.3 is 0 Å². The van der Waals surface area contributed by atoms with Crippen molar-refractivity contribution in [2.75, 3.05) is 5.75 Å². The highest BCUT2D eigenvalue weighted by molar-refractivity contribution is 7.92. The number of sulfone groups is 1. The van der Waals surface area contributed by atoms with E-state index in [1.165, 1.54) is 6.92 Å². The Hall–Kier alpha value is -0.580. The summed E-state index contributed by atoms with van der Waals surface area (Å²) in [5.41, 5.74) is 4.83. The molecule has 0 fully saturated rings. The van der Waals surface area contributed by atoms with Gasteiger partial charge in [-0.2, -0.15) is 0 Å². The van der Waals surface area contributed by atoms with Crippen molar-refractivity contribution in [3.8, 4) is 0 Å². The summed E-state index contributed by atoms with van der Waals surface area (Å²) in [5.74, 6) is -0.754. The second-order valence-electron chi connectivity index (χ2n) is 2.41. The first-order chi connectivity index (χ1) is 4.91. The number of primary amides is 1. The standard InChI is InChI=1S/C6H13NO3S/c1-3-4-11(9,10)5(2)6(7)8/h5H,3-4H2,1-2H3,(H2,7,8). The zero-order chi connectivity index (χ0) is 9.07. The molecule has 1 unspecified atom stereocenters. The number of carbonyl (C=O) groups excluding carboxylic acids is 1. The minimum absolute atomic E-state index is 0.0249. The Kier molecular flexibility index (Phi) is 3.51. The number of rotatable bonds is 4. The molecule has 0 aromatic rings. The van der Waals surface area contributed by atoms with Crippen LogP contribution >= 0.6 is 0 Å². The minimum atomic E-state index is -3.28. The largest absolute Gasteiger partial charge is 0.369 e. The Labute approximate surface area is 66.7 Å². The van der Waals surface area contributed by atoms with Gasteiger partial charge in [-0.15, -0.1) is 0 Å². The topological polar surface area (TPSA) is 77.2 Å². The lowest BCUT2D eigenvalue weighted by Gasteiger charge is -2.06. The van der Waals surface area contributed by atoms with Crippen LogP contribution in [-0.4, -0.2) is 25.3 Å². The Bertz CT molecular complexity index is 232. The fraction of sp³-hybridized carbons (Fsp3) is 0.833. The summed E-state index contributed by atoms with van der Waals surface area (Å²) in [6.45, 7) is 3.05. The monoisotopic (exact) mass is 179 g/mol. The summed E-state index contributed by atoms with van der Waals surface area (Å²) in [6.07, 6.45) is 0.514. The molecule has 0 aliphatic heterocycles. The third-order valence-electron chi connectivity index (χ3n) is 1.43. The van der Waals surface area contributed by atoms with Crippen LogP contribution < -0.4 is 5.73 Å². The van der Waals surface area contributed by atoms with Gasteiger partial charge in [0.15, 0.2) is 9.84 Å². The number of nitrogens with two attached hydrogens (primary N) is 1. The van der Waals surface area contributed by atoms with Gasteiger partial charge in [-0.3, -0.25) is 4.79 Å². The molecule has 0 aromatic heterocycles. The molecule has 0 aliphatic carbocycles.